The number of rotatable bonds is 12. The smallest absolute Gasteiger partial charge is 0.412 e. The first kappa shape index (κ1) is 34.7. The van der Waals surface area contributed by atoms with Crippen molar-refractivity contribution in [2.24, 2.45) is 0 Å². The normalized spacial score (nSPS) is 11.8. The Morgan fingerprint density at radius 1 is 0.941 bits per heavy atom. The van der Waals surface area contributed by atoms with E-state index in [1.807, 2.05) is 68.4 Å². The zero-order valence-corrected chi connectivity index (χ0v) is 28.9. The monoisotopic (exact) mass is 687 g/mol. The molecule has 0 fully saturated rings. The fourth-order valence-corrected chi connectivity index (χ4v) is 6.57. The van der Waals surface area contributed by atoms with E-state index in [1.165, 1.54) is 4.90 Å². The third-order valence-electron chi connectivity index (χ3n) is 9.05. The molecule has 0 spiro atoms. The van der Waals surface area contributed by atoms with Gasteiger partial charge in [-0.05, 0) is 73.2 Å². The molecule has 1 aliphatic rings. The van der Waals surface area contributed by atoms with Gasteiger partial charge in [0.15, 0.2) is 0 Å². The Kier molecular flexibility index (Phi) is 10.3. The molecule has 0 saturated carbocycles. The summed E-state index contributed by atoms with van der Waals surface area (Å²) < 4.78 is 7.53. The van der Waals surface area contributed by atoms with E-state index < -0.39 is 6.09 Å². The Morgan fingerprint density at radius 3 is 2.37 bits per heavy atom. The molecular formula is C39H41N7O5. The first-order valence-electron chi connectivity index (χ1n) is 16.9. The third-order valence-corrected chi connectivity index (χ3v) is 9.05. The van der Waals surface area contributed by atoms with E-state index in [-0.39, 0.29) is 18.4 Å². The summed E-state index contributed by atoms with van der Waals surface area (Å²) in [6, 6.07) is 20.4. The lowest BCUT2D eigenvalue weighted by Gasteiger charge is -2.28. The molecular weight excluding hydrogens is 646 g/mol. The molecule has 0 atom stereocenters. The van der Waals surface area contributed by atoms with Crippen molar-refractivity contribution in [3.8, 4) is 28.1 Å². The van der Waals surface area contributed by atoms with Crippen LogP contribution in [0.5, 0.6) is 5.75 Å². The molecule has 51 heavy (non-hydrogen) atoms. The summed E-state index contributed by atoms with van der Waals surface area (Å²) in [5.41, 5.74) is 13.8. The number of pyridine rings is 1. The van der Waals surface area contributed by atoms with Crippen molar-refractivity contribution in [3.63, 3.8) is 0 Å². The predicted molar refractivity (Wildman–Crippen MR) is 197 cm³/mol. The quantitative estimate of drug-likeness (QED) is 0.0822. The van der Waals surface area contributed by atoms with Crippen molar-refractivity contribution < 1.29 is 24.2 Å². The number of nitrogen functional groups attached to an aromatic ring is 1. The Morgan fingerprint density at radius 2 is 1.67 bits per heavy atom. The number of nitrogens with one attached hydrogen (secondary N) is 2. The number of hydrogen-bond acceptors (Lipinski definition) is 7. The minimum Gasteiger partial charge on any atom is -0.496 e. The molecule has 0 bridgehead atoms. The lowest BCUT2D eigenvalue weighted by molar-refractivity contribution is -0.116. The molecule has 3 aromatic carbocycles. The Hall–Kier alpha value is -6.17. The van der Waals surface area contributed by atoms with Crippen molar-refractivity contribution in [1.82, 2.24) is 20.1 Å². The van der Waals surface area contributed by atoms with Crippen molar-refractivity contribution in [2.45, 2.75) is 52.6 Å². The number of benzene rings is 3. The number of methoxy groups -OCH3 is 1. The van der Waals surface area contributed by atoms with E-state index in [0.717, 1.165) is 34.2 Å². The lowest BCUT2D eigenvalue weighted by atomic mass is 9.91. The van der Waals surface area contributed by atoms with E-state index in [0.29, 0.717) is 77.7 Å². The maximum absolute atomic E-state index is 13.9. The van der Waals surface area contributed by atoms with E-state index in [2.05, 4.69) is 15.6 Å². The molecule has 12 nitrogen and oxygen atoms in total. The number of amides is 3. The molecule has 3 amide bonds. The highest BCUT2D eigenvalue weighted by Crippen LogP contribution is 2.47. The van der Waals surface area contributed by atoms with Crippen molar-refractivity contribution in [2.75, 3.05) is 29.6 Å². The molecule has 0 radical (unpaired) electrons. The molecule has 0 unspecified atom stereocenters. The van der Waals surface area contributed by atoms with Crippen LogP contribution < -0.4 is 26.0 Å². The largest absolute Gasteiger partial charge is 0.496 e. The zero-order valence-electron chi connectivity index (χ0n) is 28.9. The summed E-state index contributed by atoms with van der Waals surface area (Å²) in [7, 11) is 1.58. The fourth-order valence-electron chi connectivity index (χ4n) is 6.57. The average molecular weight is 688 g/mol. The number of carbonyl (C=O) groups excluding carboxylic acids is 2. The fraction of sp³-hybridized carbons (Fsp3) is 0.256. The van der Waals surface area contributed by atoms with Crippen LogP contribution in [0.1, 0.15) is 58.4 Å². The third kappa shape index (κ3) is 7.40. The van der Waals surface area contributed by atoms with Gasteiger partial charge in [0, 0.05) is 42.0 Å². The second-order valence-corrected chi connectivity index (χ2v) is 12.6. The summed E-state index contributed by atoms with van der Waals surface area (Å²) in [6.07, 6.45) is 4.73. The van der Waals surface area contributed by atoms with Gasteiger partial charge in [0.2, 0.25) is 5.91 Å². The number of aromatic nitrogens is 3. The van der Waals surface area contributed by atoms with Crippen LogP contribution in [0.25, 0.3) is 22.4 Å². The second kappa shape index (κ2) is 15.2. The number of unbranched alkanes of at least 4 members (excludes halogenated alkanes) is 2. The van der Waals surface area contributed by atoms with Gasteiger partial charge in [0.05, 0.1) is 37.3 Å². The molecule has 1 aliphatic heterocycles. The van der Waals surface area contributed by atoms with Gasteiger partial charge in [-0.3, -0.25) is 24.2 Å². The number of aryl methyl sites for hydroxylation is 2. The molecule has 0 saturated heterocycles. The summed E-state index contributed by atoms with van der Waals surface area (Å²) in [5, 5.41) is 21.3. The van der Waals surface area contributed by atoms with Crippen LogP contribution in [0.4, 0.5) is 21.9 Å². The Bertz CT molecular complexity index is 2070. The molecule has 0 aliphatic carbocycles. The first-order valence-corrected chi connectivity index (χ1v) is 16.9. The number of carbonyl (C=O) groups is 3. The van der Waals surface area contributed by atoms with Gasteiger partial charge in [0.25, 0.3) is 5.91 Å². The maximum Gasteiger partial charge on any atom is 0.412 e. The van der Waals surface area contributed by atoms with Gasteiger partial charge in [-0.1, -0.05) is 48.9 Å². The van der Waals surface area contributed by atoms with E-state index in [4.69, 9.17) is 15.6 Å². The summed E-state index contributed by atoms with van der Waals surface area (Å²) in [6.45, 7) is 4.53. The molecule has 2 aromatic heterocycles. The molecule has 5 aromatic rings. The standard InChI is InChI=1S/C39H41N7O5/c1-24-20-41-21-25(2)35(24)28-18-32-27(19-33(28)51-3)36-29(23-45(32)39(49)50)37(46(44-36)22-26-12-6-4-7-13-26)38(48)42-17-11-5-8-16-34(47)43-31-15-10-9-14-30(31)40/h4,6-7,9-10,12-15,18-21H,5,8,11,16-17,22-23,40H2,1-3H3,(H,42,48)(H,43,47)(H,49,50). The lowest BCUT2D eigenvalue weighted by Crippen LogP contribution is -2.34. The van der Waals surface area contributed by atoms with Gasteiger partial charge in [-0.2, -0.15) is 5.10 Å². The van der Waals surface area contributed by atoms with E-state index in [1.54, 1.807) is 36.3 Å². The number of anilines is 3. The van der Waals surface area contributed by atoms with Crippen LogP contribution in [-0.4, -0.2) is 51.4 Å². The van der Waals surface area contributed by atoms with Crippen LogP contribution in [0, 0.1) is 13.8 Å². The second-order valence-electron chi connectivity index (χ2n) is 12.6. The van der Waals surface area contributed by atoms with Crippen molar-refractivity contribution in [3.05, 3.63) is 107 Å². The van der Waals surface area contributed by atoms with Crippen molar-refractivity contribution in [1.29, 1.82) is 0 Å². The average Bonchev–Trinajstić information content (AvgIpc) is 3.48. The topological polar surface area (TPSA) is 165 Å². The molecule has 6 rings (SSSR count). The summed E-state index contributed by atoms with van der Waals surface area (Å²) in [4.78, 5) is 44.7. The van der Waals surface area contributed by atoms with Gasteiger partial charge in [-0.15, -0.1) is 0 Å². The Labute approximate surface area is 296 Å². The highest BCUT2D eigenvalue weighted by Gasteiger charge is 2.35. The minimum atomic E-state index is -1.15. The Balaban J connectivity index is 1.26. The van der Waals surface area contributed by atoms with Crippen LogP contribution in [-0.2, 0) is 17.9 Å². The van der Waals surface area contributed by atoms with Gasteiger partial charge in [-0.25, -0.2) is 4.79 Å². The van der Waals surface area contributed by atoms with Gasteiger partial charge < -0.3 is 26.2 Å². The number of carboxylic acid groups (broad SMARTS) is 1. The molecule has 12 heteroatoms. The van der Waals surface area contributed by atoms with E-state index in [9.17, 15) is 19.5 Å². The number of ether oxygens (including phenoxy) is 1. The number of hydrogen-bond donors (Lipinski definition) is 4. The minimum absolute atomic E-state index is 0.0592. The van der Waals surface area contributed by atoms with Crippen molar-refractivity contribution >= 4 is 35.0 Å². The van der Waals surface area contributed by atoms with Crippen LogP contribution in [0.15, 0.2) is 79.1 Å². The number of nitrogens with two attached hydrogens (primary N) is 1. The number of para-hydroxylation sites is 2. The summed E-state index contributed by atoms with van der Waals surface area (Å²) in [5.74, 6) is 0.0812. The number of fused-ring (bicyclic) bond motifs is 3. The molecule has 262 valence electrons. The van der Waals surface area contributed by atoms with Gasteiger partial charge in [0.1, 0.15) is 17.1 Å². The summed E-state index contributed by atoms with van der Waals surface area (Å²) >= 11 is 0. The molecule has 3 heterocycles. The first-order chi connectivity index (χ1) is 24.7. The van der Waals surface area contributed by atoms with Crippen LogP contribution in [0.3, 0.4) is 0 Å². The maximum atomic E-state index is 13.9. The molecule has 5 N–H and O–H groups in total. The highest BCUT2D eigenvalue weighted by molar-refractivity contribution is 6.02. The van der Waals surface area contributed by atoms with Crippen LogP contribution >= 0.6 is 0 Å². The number of nitrogens with zero attached hydrogens (tertiary/aromatic N) is 4. The van der Waals surface area contributed by atoms with E-state index >= 15 is 0 Å². The SMILES string of the molecule is COc1cc2c(cc1-c1c(C)cncc1C)N(C(=O)O)Cc1c-2nn(Cc2ccccc2)c1C(=O)NCCCCCC(=O)Nc1ccccc1N. The zero-order chi connectivity index (χ0) is 36.1. The van der Waals surface area contributed by atoms with Crippen LogP contribution in [0.2, 0.25) is 0 Å². The highest BCUT2D eigenvalue weighted by atomic mass is 16.5. The predicted octanol–water partition coefficient (Wildman–Crippen LogP) is 6.79. The van der Waals surface area contributed by atoms with Gasteiger partial charge >= 0.3 is 6.09 Å².